The second kappa shape index (κ2) is 11.8. The number of nitrogens with zero attached hydrogens (tertiary/aromatic N) is 1. The lowest BCUT2D eigenvalue weighted by Crippen LogP contribution is -2.43. The van der Waals surface area contributed by atoms with Crippen LogP contribution in [-0.4, -0.2) is 42.6 Å². The van der Waals surface area contributed by atoms with E-state index in [1.54, 1.807) is 24.3 Å². The fourth-order valence-corrected chi connectivity index (χ4v) is 7.30. The van der Waals surface area contributed by atoms with Gasteiger partial charge in [-0.15, -0.1) is 0 Å². The van der Waals surface area contributed by atoms with Gasteiger partial charge in [0.15, 0.2) is 29.7 Å². The first-order chi connectivity index (χ1) is 20.2. The maximum atomic E-state index is 13.9. The van der Waals surface area contributed by atoms with E-state index in [4.69, 9.17) is 21.1 Å². The quantitative estimate of drug-likeness (QED) is 0.324. The smallest absolute Gasteiger partial charge is 0.262 e. The van der Waals surface area contributed by atoms with E-state index in [0.717, 1.165) is 29.8 Å². The van der Waals surface area contributed by atoms with E-state index in [9.17, 15) is 14.4 Å². The molecule has 9 heteroatoms. The van der Waals surface area contributed by atoms with Crippen LogP contribution >= 0.6 is 27.5 Å². The monoisotopic (exact) mass is 668 g/mol. The van der Waals surface area contributed by atoms with E-state index in [-0.39, 0.29) is 34.9 Å². The number of para-hydroxylation sites is 1. The van der Waals surface area contributed by atoms with E-state index in [1.165, 1.54) is 0 Å². The summed E-state index contributed by atoms with van der Waals surface area (Å²) in [5.74, 6) is 0.0332. The molecule has 1 N–H and O–H groups in total. The zero-order valence-electron chi connectivity index (χ0n) is 25.5. The van der Waals surface area contributed by atoms with Gasteiger partial charge in [-0.3, -0.25) is 14.4 Å². The highest BCUT2D eigenvalue weighted by atomic mass is 79.9. The number of rotatable bonds is 7. The Balaban J connectivity index is 1.55. The Kier molecular flexibility index (Phi) is 8.58. The first-order valence-corrected chi connectivity index (χ1v) is 15.8. The van der Waals surface area contributed by atoms with Crippen molar-refractivity contribution in [3.8, 4) is 11.5 Å². The van der Waals surface area contributed by atoms with Crippen LogP contribution in [0.1, 0.15) is 71.8 Å². The lowest BCUT2D eigenvalue weighted by atomic mass is 9.64. The van der Waals surface area contributed by atoms with Crippen LogP contribution in [0.4, 0.5) is 5.69 Å². The summed E-state index contributed by atoms with van der Waals surface area (Å²) in [6.45, 7) is 10.4. The number of ketones is 2. The number of hydrogen-bond acceptors (Lipinski definition) is 6. The molecule has 1 heterocycles. The molecule has 43 heavy (non-hydrogen) atoms. The first kappa shape index (κ1) is 31.3. The highest BCUT2D eigenvalue weighted by Gasteiger charge is 2.48. The second-order valence-electron chi connectivity index (χ2n) is 13.2. The first-order valence-electron chi connectivity index (χ1n) is 14.6. The molecule has 228 valence electrons. The Labute approximate surface area is 266 Å². The number of carbonyl (C=O) groups excluding carboxylic acids is 3. The lowest BCUT2D eigenvalue weighted by Gasteiger charge is -2.48. The number of allylic oxidation sites excluding steroid dienone is 4. The van der Waals surface area contributed by atoms with Crippen molar-refractivity contribution in [1.29, 1.82) is 0 Å². The number of amides is 1. The number of nitrogens with one attached hydrogen (secondary N) is 1. The standard InChI is InChI=1S/C34H38BrClN2O5/c1-7-42-27-13-19(12-20(35)32(27)43-18-28(41)37-22-11-9-8-10-21(22)36)29-30-23(14-33(2,3)16-25(30)39)38(6)24-15-34(4,5)17-26(40)31(24)29/h8-13,29H,7,14-18H2,1-6H3,(H,37,41). The number of hydrogen-bond donors (Lipinski definition) is 1. The predicted molar refractivity (Wildman–Crippen MR) is 171 cm³/mol. The molecule has 0 unspecified atom stereocenters. The van der Waals surface area contributed by atoms with Gasteiger partial charge in [0.05, 0.1) is 21.8 Å². The van der Waals surface area contributed by atoms with Crippen LogP contribution in [-0.2, 0) is 14.4 Å². The molecule has 0 fully saturated rings. The molecule has 1 amide bonds. The molecule has 1 aliphatic heterocycles. The summed E-state index contributed by atoms with van der Waals surface area (Å²) < 4.78 is 12.5. The molecule has 2 aromatic carbocycles. The summed E-state index contributed by atoms with van der Waals surface area (Å²) in [5.41, 5.74) is 4.26. The van der Waals surface area contributed by atoms with Gasteiger partial charge in [-0.25, -0.2) is 0 Å². The minimum atomic E-state index is -0.513. The third-order valence-corrected chi connectivity index (χ3v) is 9.26. The lowest BCUT2D eigenvalue weighted by molar-refractivity contribution is -0.120. The van der Waals surface area contributed by atoms with Crippen molar-refractivity contribution in [2.24, 2.45) is 10.8 Å². The topological polar surface area (TPSA) is 84.9 Å². The molecule has 0 radical (unpaired) electrons. The highest BCUT2D eigenvalue weighted by molar-refractivity contribution is 9.10. The molecule has 2 aliphatic carbocycles. The van der Waals surface area contributed by atoms with Crippen LogP contribution in [0.25, 0.3) is 0 Å². The third-order valence-electron chi connectivity index (χ3n) is 8.34. The fourth-order valence-electron chi connectivity index (χ4n) is 6.54. The zero-order chi connectivity index (χ0) is 31.3. The molecule has 0 atom stereocenters. The molecule has 3 aliphatic rings. The van der Waals surface area contributed by atoms with Crippen LogP contribution in [0.2, 0.25) is 5.02 Å². The normalized spacial score (nSPS) is 19.7. The van der Waals surface area contributed by atoms with Crippen molar-refractivity contribution in [1.82, 2.24) is 4.90 Å². The number of benzene rings is 2. The van der Waals surface area contributed by atoms with Crippen molar-refractivity contribution >= 4 is 50.7 Å². The van der Waals surface area contributed by atoms with Crippen molar-refractivity contribution < 1.29 is 23.9 Å². The van der Waals surface area contributed by atoms with E-state index in [0.29, 0.717) is 57.3 Å². The molecule has 0 spiro atoms. The van der Waals surface area contributed by atoms with Gasteiger partial charge in [-0.05, 0) is 76.4 Å². The number of anilines is 1. The SMILES string of the molecule is CCOc1cc(C2C3=C(CC(C)(C)CC3=O)N(C)C3=C2C(=O)CC(C)(C)C3)cc(Br)c1OCC(=O)Nc1ccccc1Cl. The predicted octanol–water partition coefficient (Wildman–Crippen LogP) is 7.83. The Morgan fingerprint density at radius 2 is 1.56 bits per heavy atom. The molecule has 2 aromatic rings. The van der Waals surface area contributed by atoms with Gasteiger partial charge in [0.1, 0.15) is 0 Å². The molecule has 0 bridgehead atoms. The summed E-state index contributed by atoms with van der Waals surface area (Å²) in [4.78, 5) is 42.5. The van der Waals surface area contributed by atoms with Gasteiger partial charge < -0.3 is 19.7 Å². The van der Waals surface area contributed by atoms with Crippen molar-refractivity contribution in [3.05, 3.63) is 74.0 Å². The number of halogens is 2. The summed E-state index contributed by atoms with van der Waals surface area (Å²) in [6, 6.07) is 10.7. The third kappa shape index (κ3) is 6.27. The number of Topliss-reactive ketones (excluding diaryl/α,β-unsaturated/α-hetero) is 2. The molecule has 7 nitrogen and oxygen atoms in total. The Hall–Kier alpha value is -3.10. The number of carbonyl (C=O) groups is 3. The Bertz CT molecular complexity index is 1520. The molecule has 0 saturated heterocycles. The van der Waals surface area contributed by atoms with E-state index in [2.05, 4.69) is 53.8 Å². The second-order valence-corrected chi connectivity index (χ2v) is 14.4. The van der Waals surface area contributed by atoms with Gasteiger partial charge in [-0.1, -0.05) is 51.4 Å². The van der Waals surface area contributed by atoms with Crippen LogP contribution < -0.4 is 14.8 Å². The maximum absolute atomic E-state index is 13.9. The summed E-state index contributed by atoms with van der Waals surface area (Å²) in [6.07, 6.45) is 2.32. The molecular formula is C34H38BrClN2O5. The molecular weight excluding hydrogens is 632 g/mol. The highest BCUT2D eigenvalue weighted by Crippen LogP contribution is 2.55. The van der Waals surface area contributed by atoms with Gasteiger partial charge in [0, 0.05) is 48.3 Å². The summed E-state index contributed by atoms with van der Waals surface area (Å²) in [7, 11) is 2.00. The van der Waals surface area contributed by atoms with E-state index < -0.39 is 5.92 Å². The van der Waals surface area contributed by atoms with E-state index >= 15 is 0 Å². The van der Waals surface area contributed by atoms with E-state index in [1.807, 2.05) is 26.1 Å². The fraction of sp³-hybridized carbons (Fsp3) is 0.441. The number of ether oxygens (including phenoxy) is 2. The molecule has 5 rings (SSSR count). The average molecular weight is 670 g/mol. The summed E-state index contributed by atoms with van der Waals surface area (Å²) >= 11 is 9.83. The molecule has 0 aromatic heterocycles. The largest absolute Gasteiger partial charge is 0.490 e. The van der Waals surface area contributed by atoms with Crippen molar-refractivity contribution in [2.75, 3.05) is 25.6 Å². The minimum Gasteiger partial charge on any atom is -0.490 e. The van der Waals surface area contributed by atoms with Gasteiger partial charge >= 0.3 is 0 Å². The van der Waals surface area contributed by atoms with Crippen LogP contribution in [0.5, 0.6) is 11.5 Å². The Morgan fingerprint density at radius 1 is 0.977 bits per heavy atom. The maximum Gasteiger partial charge on any atom is 0.262 e. The van der Waals surface area contributed by atoms with Crippen LogP contribution in [0, 0.1) is 10.8 Å². The summed E-state index contributed by atoms with van der Waals surface area (Å²) in [5, 5.41) is 3.19. The van der Waals surface area contributed by atoms with Crippen LogP contribution in [0.15, 0.2) is 63.4 Å². The minimum absolute atomic E-state index is 0.0675. The van der Waals surface area contributed by atoms with Crippen molar-refractivity contribution in [2.45, 2.75) is 66.2 Å². The van der Waals surface area contributed by atoms with Crippen LogP contribution in [0.3, 0.4) is 0 Å². The van der Waals surface area contributed by atoms with Crippen molar-refractivity contribution in [3.63, 3.8) is 0 Å². The van der Waals surface area contributed by atoms with Gasteiger partial charge in [-0.2, -0.15) is 0 Å². The molecule has 0 saturated carbocycles. The van der Waals surface area contributed by atoms with Gasteiger partial charge in [0.25, 0.3) is 5.91 Å². The van der Waals surface area contributed by atoms with Gasteiger partial charge in [0.2, 0.25) is 0 Å². The zero-order valence-corrected chi connectivity index (χ0v) is 27.9. The average Bonchev–Trinajstić information content (AvgIpc) is 2.89. The Morgan fingerprint density at radius 3 is 2.12 bits per heavy atom.